The molecule has 4 heteroatoms. The molecule has 0 aliphatic heterocycles. The van der Waals surface area contributed by atoms with Crippen molar-refractivity contribution >= 4 is 34.1 Å². The van der Waals surface area contributed by atoms with Crippen molar-refractivity contribution in [1.82, 2.24) is 4.57 Å². The molecule has 0 unspecified atom stereocenters. The summed E-state index contributed by atoms with van der Waals surface area (Å²) in [4.78, 5) is 0. The molecule has 0 radical (unpaired) electrons. The van der Waals surface area contributed by atoms with Crippen molar-refractivity contribution < 1.29 is 0 Å². The Morgan fingerprint density at radius 1 is 1.29 bits per heavy atom. The summed E-state index contributed by atoms with van der Waals surface area (Å²) in [6.07, 6.45) is 2.00. The van der Waals surface area contributed by atoms with Gasteiger partial charge < -0.3 is 10.3 Å². The number of benzene rings is 1. The second-order valence-electron chi connectivity index (χ2n) is 3.25. The minimum atomic E-state index is 0.509. The summed E-state index contributed by atoms with van der Waals surface area (Å²) in [7, 11) is 1.96. The molecular formula is C10H10Cl2N2. The van der Waals surface area contributed by atoms with Gasteiger partial charge in [0.2, 0.25) is 0 Å². The summed E-state index contributed by atoms with van der Waals surface area (Å²) in [5.74, 6) is 0. The van der Waals surface area contributed by atoms with E-state index >= 15 is 0 Å². The van der Waals surface area contributed by atoms with Crippen LogP contribution in [-0.2, 0) is 13.6 Å². The molecule has 0 fully saturated rings. The Morgan fingerprint density at radius 2 is 1.93 bits per heavy atom. The van der Waals surface area contributed by atoms with E-state index in [1.165, 1.54) is 0 Å². The predicted molar refractivity (Wildman–Crippen MR) is 60.8 cm³/mol. The number of hydrogen-bond acceptors (Lipinski definition) is 1. The molecule has 0 saturated heterocycles. The Labute approximate surface area is 92.2 Å². The van der Waals surface area contributed by atoms with Gasteiger partial charge >= 0.3 is 0 Å². The average Bonchev–Trinajstić information content (AvgIpc) is 2.45. The van der Waals surface area contributed by atoms with Gasteiger partial charge in [0.25, 0.3) is 0 Å². The molecule has 0 bridgehead atoms. The number of halogens is 2. The molecular weight excluding hydrogens is 219 g/mol. The second-order valence-corrected chi connectivity index (χ2v) is 4.07. The topological polar surface area (TPSA) is 30.9 Å². The van der Waals surface area contributed by atoms with E-state index in [4.69, 9.17) is 28.9 Å². The zero-order chi connectivity index (χ0) is 10.3. The quantitative estimate of drug-likeness (QED) is 0.800. The van der Waals surface area contributed by atoms with Crippen molar-refractivity contribution in [2.45, 2.75) is 6.54 Å². The first-order valence-corrected chi connectivity index (χ1v) is 5.02. The number of aryl methyl sites for hydroxylation is 1. The summed E-state index contributed by atoms with van der Waals surface area (Å²) >= 11 is 11.9. The van der Waals surface area contributed by atoms with Gasteiger partial charge in [0.15, 0.2) is 0 Å². The van der Waals surface area contributed by atoms with Gasteiger partial charge in [-0.25, -0.2) is 0 Å². The van der Waals surface area contributed by atoms with E-state index in [-0.39, 0.29) is 0 Å². The fourth-order valence-electron chi connectivity index (χ4n) is 1.62. The number of nitrogens with two attached hydrogens (primary N) is 1. The standard InChI is InChI=1S/C10H10Cl2N2/c1-14-5-6(4-13)7-2-8(11)9(12)3-10(7)14/h2-3,5H,4,13H2,1H3. The van der Waals surface area contributed by atoms with Gasteiger partial charge in [-0.1, -0.05) is 23.2 Å². The van der Waals surface area contributed by atoms with Crippen LogP contribution in [0, 0.1) is 0 Å². The van der Waals surface area contributed by atoms with Gasteiger partial charge in [0.1, 0.15) is 0 Å². The minimum absolute atomic E-state index is 0.509. The van der Waals surface area contributed by atoms with E-state index < -0.39 is 0 Å². The summed E-state index contributed by atoms with van der Waals surface area (Å²) in [6, 6.07) is 3.72. The Balaban J connectivity index is 2.84. The summed E-state index contributed by atoms with van der Waals surface area (Å²) in [5.41, 5.74) is 7.77. The Bertz CT molecular complexity index is 488. The number of aromatic nitrogens is 1. The maximum atomic E-state index is 5.94. The van der Waals surface area contributed by atoms with Crippen LogP contribution in [0.15, 0.2) is 18.3 Å². The molecule has 0 saturated carbocycles. The molecule has 2 rings (SSSR count). The highest BCUT2D eigenvalue weighted by atomic mass is 35.5. The van der Waals surface area contributed by atoms with Gasteiger partial charge in [-0.3, -0.25) is 0 Å². The predicted octanol–water partition coefficient (Wildman–Crippen LogP) is 2.94. The first-order valence-electron chi connectivity index (χ1n) is 4.26. The first kappa shape index (κ1) is 9.84. The van der Waals surface area contributed by atoms with Crippen LogP contribution in [-0.4, -0.2) is 4.57 Å². The van der Waals surface area contributed by atoms with E-state index in [9.17, 15) is 0 Å². The lowest BCUT2D eigenvalue weighted by Crippen LogP contribution is -1.94. The summed E-state index contributed by atoms with van der Waals surface area (Å²) in [6.45, 7) is 0.509. The Morgan fingerprint density at radius 3 is 2.57 bits per heavy atom. The van der Waals surface area contributed by atoms with Gasteiger partial charge in [-0.15, -0.1) is 0 Å². The summed E-state index contributed by atoms with van der Waals surface area (Å²) < 4.78 is 2.00. The SMILES string of the molecule is Cn1cc(CN)c2cc(Cl)c(Cl)cc21. The Hall–Kier alpha value is -0.700. The van der Waals surface area contributed by atoms with Crippen LogP contribution in [0.25, 0.3) is 10.9 Å². The van der Waals surface area contributed by atoms with Crippen LogP contribution in [0.3, 0.4) is 0 Å². The van der Waals surface area contributed by atoms with Crippen molar-refractivity contribution in [3.63, 3.8) is 0 Å². The lowest BCUT2D eigenvalue weighted by Gasteiger charge is -1.99. The van der Waals surface area contributed by atoms with Crippen LogP contribution in [0.1, 0.15) is 5.56 Å². The van der Waals surface area contributed by atoms with E-state index in [2.05, 4.69) is 0 Å². The molecule has 2 aromatic rings. The molecule has 1 aromatic heterocycles. The van der Waals surface area contributed by atoms with Gasteiger partial charge in [0.05, 0.1) is 10.0 Å². The van der Waals surface area contributed by atoms with Crippen LogP contribution >= 0.6 is 23.2 Å². The van der Waals surface area contributed by atoms with E-state index in [1.54, 1.807) is 0 Å². The summed E-state index contributed by atoms with van der Waals surface area (Å²) in [5, 5.41) is 2.22. The molecule has 2 N–H and O–H groups in total. The van der Waals surface area contributed by atoms with Gasteiger partial charge in [0, 0.05) is 30.7 Å². The van der Waals surface area contributed by atoms with Gasteiger partial charge in [-0.2, -0.15) is 0 Å². The van der Waals surface area contributed by atoms with Crippen LogP contribution < -0.4 is 5.73 Å². The lowest BCUT2D eigenvalue weighted by atomic mass is 10.2. The number of rotatable bonds is 1. The van der Waals surface area contributed by atoms with E-state index in [1.807, 2.05) is 29.9 Å². The monoisotopic (exact) mass is 228 g/mol. The van der Waals surface area contributed by atoms with Crippen LogP contribution in [0.5, 0.6) is 0 Å². The second kappa shape index (κ2) is 3.46. The maximum Gasteiger partial charge on any atom is 0.0613 e. The molecule has 1 heterocycles. The normalized spacial score (nSPS) is 11.1. The number of fused-ring (bicyclic) bond motifs is 1. The van der Waals surface area contributed by atoms with Crippen LogP contribution in [0.2, 0.25) is 10.0 Å². The van der Waals surface area contributed by atoms with E-state index in [0.717, 1.165) is 16.5 Å². The third-order valence-electron chi connectivity index (χ3n) is 2.33. The molecule has 0 spiro atoms. The highest BCUT2D eigenvalue weighted by Crippen LogP contribution is 2.30. The third-order valence-corrected chi connectivity index (χ3v) is 3.06. The van der Waals surface area contributed by atoms with Gasteiger partial charge in [-0.05, 0) is 17.7 Å². The fraction of sp³-hybridized carbons (Fsp3) is 0.200. The maximum absolute atomic E-state index is 5.94. The molecule has 0 atom stereocenters. The van der Waals surface area contributed by atoms with Crippen molar-refractivity contribution in [3.05, 3.63) is 33.9 Å². The molecule has 1 aromatic carbocycles. The average molecular weight is 229 g/mol. The lowest BCUT2D eigenvalue weighted by molar-refractivity contribution is 0.949. The first-order chi connectivity index (χ1) is 6.63. The Kier molecular flexibility index (Phi) is 2.43. The highest BCUT2D eigenvalue weighted by molar-refractivity contribution is 6.42. The molecule has 14 heavy (non-hydrogen) atoms. The minimum Gasteiger partial charge on any atom is -0.350 e. The van der Waals surface area contributed by atoms with E-state index in [0.29, 0.717) is 16.6 Å². The van der Waals surface area contributed by atoms with Crippen molar-refractivity contribution in [3.8, 4) is 0 Å². The van der Waals surface area contributed by atoms with Crippen LogP contribution in [0.4, 0.5) is 0 Å². The fourth-order valence-corrected chi connectivity index (χ4v) is 1.94. The smallest absolute Gasteiger partial charge is 0.0613 e. The zero-order valence-electron chi connectivity index (χ0n) is 7.72. The number of hydrogen-bond donors (Lipinski definition) is 1. The molecule has 0 amide bonds. The molecule has 0 aliphatic carbocycles. The largest absolute Gasteiger partial charge is 0.350 e. The molecule has 2 nitrogen and oxygen atoms in total. The van der Waals surface area contributed by atoms with Crippen molar-refractivity contribution in [1.29, 1.82) is 0 Å². The molecule has 0 aliphatic rings. The van der Waals surface area contributed by atoms with Crippen molar-refractivity contribution in [2.24, 2.45) is 12.8 Å². The van der Waals surface area contributed by atoms with Crippen molar-refractivity contribution in [2.75, 3.05) is 0 Å². The molecule has 74 valence electrons. The highest BCUT2D eigenvalue weighted by Gasteiger charge is 2.08. The number of nitrogens with zero attached hydrogens (tertiary/aromatic N) is 1. The zero-order valence-corrected chi connectivity index (χ0v) is 9.23. The third kappa shape index (κ3) is 1.40.